The maximum atomic E-state index is 12.7. The molecule has 1 aromatic rings. The first kappa shape index (κ1) is 12.6. The molecule has 0 aromatic heterocycles. The summed E-state index contributed by atoms with van der Waals surface area (Å²) < 4.78 is 12.7. The number of rotatable bonds is 5. The molecule has 0 aliphatic carbocycles. The van der Waals surface area contributed by atoms with Gasteiger partial charge in [-0.25, -0.2) is 4.39 Å². The van der Waals surface area contributed by atoms with Crippen LogP contribution in [0.15, 0.2) is 24.3 Å². The number of anilines is 1. The van der Waals surface area contributed by atoms with Crippen LogP contribution in [0.5, 0.6) is 0 Å². The number of benzene rings is 1. The van der Waals surface area contributed by atoms with E-state index in [1.165, 1.54) is 17.0 Å². The van der Waals surface area contributed by atoms with Gasteiger partial charge in [0.2, 0.25) is 5.91 Å². The fourth-order valence-corrected chi connectivity index (χ4v) is 1.30. The Morgan fingerprint density at radius 2 is 2.00 bits per heavy atom. The summed E-state index contributed by atoms with van der Waals surface area (Å²) in [5, 5.41) is 3.03. The Labute approximate surface area is 95.3 Å². The van der Waals surface area contributed by atoms with Gasteiger partial charge in [0.15, 0.2) is 0 Å². The van der Waals surface area contributed by atoms with Gasteiger partial charge in [0, 0.05) is 12.7 Å². The van der Waals surface area contributed by atoms with Gasteiger partial charge in [-0.2, -0.15) is 0 Å². The highest BCUT2D eigenvalue weighted by Gasteiger charge is 2.09. The Kier molecular flexibility index (Phi) is 4.92. The number of amides is 1. The second-order valence-electron chi connectivity index (χ2n) is 3.61. The molecule has 0 unspecified atom stereocenters. The van der Waals surface area contributed by atoms with Crippen molar-refractivity contribution < 1.29 is 9.18 Å². The minimum atomic E-state index is -0.297. The number of carbonyl (C=O) groups is 1. The van der Waals surface area contributed by atoms with E-state index in [1.54, 1.807) is 19.2 Å². The molecule has 0 atom stereocenters. The van der Waals surface area contributed by atoms with E-state index in [0.29, 0.717) is 12.2 Å². The maximum absolute atomic E-state index is 12.7. The predicted molar refractivity (Wildman–Crippen MR) is 63.0 cm³/mol. The minimum Gasteiger partial charge on any atom is -0.314 e. The predicted octanol–water partition coefficient (Wildman–Crippen LogP) is 1.79. The quantitative estimate of drug-likeness (QED) is 0.773. The second kappa shape index (κ2) is 6.23. The van der Waals surface area contributed by atoms with Crippen LogP contribution >= 0.6 is 0 Å². The number of carbonyl (C=O) groups excluding carboxylic acids is 1. The second-order valence-corrected chi connectivity index (χ2v) is 3.61. The molecule has 1 aromatic carbocycles. The number of likely N-dealkylation sites (N-methyl/N-ethyl adjacent to an activating group) is 1. The zero-order chi connectivity index (χ0) is 12.0. The lowest BCUT2D eigenvalue weighted by Gasteiger charge is -2.17. The molecule has 88 valence electrons. The third kappa shape index (κ3) is 3.62. The fourth-order valence-electron chi connectivity index (χ4n) is 1.30. The topological polar surface area (TPSA) is 32.3 Å². The molecule has 1 rings (SSSR count). The molecule has 1 N–H and O–H groups in total. The first-order valence-corrected chi connectivity index (χ1v) is 5.38. The van der Waals surface area contributed by atoms with Gasteiger partial charge in [-0.05, 0) is 37.2 Å². The average Bonchev–Trinajstić information content (AvgIpc) is 2.29. The molecule has 0 bridgehead atoms. The van der Waals surface area contributed by atoms with Crippen LogP contribution in [0.4, 0.5) is 10.1 Å². The molecule has 0 saturated carbocycles. The molecule has 4 heteroatoms. The Bertz CT molecular complexity index is 337. The van der Waals surface area contributed by atoms with E-state index in [9.17, 15) is 9.18 Å². The average molecular weight is 224 g/mol. The molecule has 3 nitrogen and oxygen atoms in total. The van der Waals surface area contributed by atoms with E-state index in [0.717, 1.165) is 13.0 Å². The van der Waals surface area contributed by atoms with Crippen molar-refractivity contribution in [1.29, 1.82) is 0 Å². The molecule has 0 aliphatic heterocycles. The van der Waals surface area contributed by atoms with E-state index in [4.69, 9.17) is 0 Å². The molecule has 0 fully saturated rings. The van der Waals surface area contributed by atoms with Gasteiger partial charge in [0.25, 0.3) is 0 Å². The normalized spacial score (nSPS) is 10.2. The van der Waals surface area contributed by atoms with Crippen LogP contribution < -0.4 is 10.2 Å². The van der Waals surface area contributed by atoms with Crippen molar-refractivity contribution in [1.82, 2.24) is 5.32 Å². The summed E-state index contributed by atoms with van der Waals surface area (Å²) in [7, 11) is 1.68. The van der Waals surface area contributed by atoms with Crippen molar-refractivity contribution >= 4 is 11.6 Å². The van der Waals surface area contributed by atoms with Gasteiger partial charge in [-0.1, -0.05) is 6.92 Å². The molecule has 0 radical (unpaired) electrons. The first-order chi connectivity index (χ1) is 7.65. The Morgan fingerprint density at radius 3 is 2.56 bits per heavy atom. The molecule has 0 aliphatic rings. The van der Waals surface area contributed by atoms with Crippen LogP contribution in [-0.4, -0.2) is 26.0 Å². The summed E-state index contributed by atoms with van der Waals surface area (Å²) in [4.78, 5) is 13.2. The number of nitrogens with one attached hydrogen (secondary N) is 1. The third-order valence-corrected chi connectivity index (χ3v) is 2.29. The highest BCUT2D eigenvalue weighted by molar-refractivity contribution is 5.94. The summed E-state index contributed by atoms with van der Waals surface area (Å²) in [6.45, 7) is 3.17. The van der Waals surface area contributed by atoms with Crippen molar-refractivity contribution in [3.63, 3.8) is 0 Å². The SMILES string of the molecule is CCCNCC(=O)N(C)c1ccc(F)cc1. The lowest BCUT2D eigenvalue weighted by Crippen LogP contribution is -2.35. The summed E-state index contributed by atoms with van der Waals surface area (Å²) in [5.74, 6) is -0.325. The molecular formula is C12H17FN2O. The van der Waals surface area contributed by atoms with Gasteiger partial charge < -0.3 is 10.2 Å². The number of hydrogen-bond donors (Lipinski definition) is 1. The standard InChI is InChI=1S/C12H17FN2O/c1-3-8-14-9-12(16)15(2)11-6-4-10(13)5-7-11/h4-7,14H,3,8-9H2,1-2H3. The van der Waals surface area contributed by atoms with Crippen LogP contribution in [0.25, 0.3) is 0 Å². The van der Waals surface area contributed by atoms with Crippen LogP contribution in [-0.2, 0) is 4.79 Å². The minimum absolute atomic E-state index is 0.0277. The Balaban J connectivity index is 2.53. The molecule has 0 spiro atoms. The van der Waals surface area contributed by atoms with E-state index in [2.05, 4.69) is 5.32 Å². The fraction of sp³-hybridized carbons (Fsp3) is 0.417. The molecule has 0 saturated heterocycles. The van der Waals surface area contributed by atoms with Crippen molar-refractivity contribution in [2.45, 2.75) is 13.3 Å². The monoisotopic (exact) mass is 224 g/mol. The van der Waals surface area contributed by atoms with Crippen molar-refractivity contribution in [3.8, 4) is 0 Å². The highest BCUT2D eigenvalue weighted by atomic mass is 19.1. The lowest BCUT2D eigenvalue weighted by molar-refractivity contribution is -0.117. The van der Waals surface area contributed by atoms with Gasteiger partial charge in [0.1, 0.15) is 5.82 Å². The smallest absolute Gasteiger partial charge is 0.240 e. The van der Waals surface area contributed by atoms with Crippen LogP contribution in [0.1, 0.15) is 13.3 Å². The molecule has 16 heavy (non-hydrogen) atoms. The zero-order valence-corrected chi connectivity index (χ0v) is 9.66. The lowest BCUT2D eigenvalue weighted by atomic mass is 10.3. The first-order valence-electron chi connectivity index (χ1n) is 5.38. The largest absolute Gasteiger partial charge is 0.314 e. The van der Waals surface area contributed by atoms with Gasteiger partial charge in [0.05, 0.1) is 6.54 Å². The summed E-state index contributed by atoms with van der Waals surface area (Å²) in [6.07, 6.45) is 0.994. The van der Waals surface area contributed by atoms with Crippen molar-refractivity contribution in [2.75, 3.05) is 25.0 Å². The van der Waals surface area contributed by atoms with Crippen LogP contribution in [0, 0.1) is 5.82 Å². The zero-order valence-electron chi connectivity index (χ0n) is 9.66. The summed E-state index contributed by atoms with van der Waals surface area (Å²) in [5.41, 5.74) is 0.699. The van der Waals surface area contributed by atoms with Crippen molar-refractivity contribution in [3.05, 3.63) is 30.1 Å². The van der Waals surface area contributed by atoms with E-state index < -0.39 is 0 Å². The molecule has 0 heterocycles. The third-order valence-electron chi connectivity index (χ3n) is 2.29. The molecule has 1 amide bonds. The van der Waals surface area contributed by atoms with Gasteiger partial charge >= 0.3 is 0 Å². The van der Waals surface area contributed by atoms with Crippen LogP contribution in [0.3, 0.4) is 0 Å². The summed E-state index contributed by atoms with van der Waals surface area (Å²) in [6, 6.07) is 5.87. The van der Waals surface area contributed by atoms with E-state index in [-0.39, 0.29) is 11.7 Å². The Morgan fingerprint density at radius 1 is 1.38 bits per heavy atom. The van der Waals surface area contributed by atoms with Gasteiger partial charge in [-0.15, -0.1) is 0 Å². The number of nitrogens with zero attached hydrogens (tertiary/aromatic N) is 1. The highest BCUT2D eigenvalue weighted by Crippen LogP contribution is 2.12. The van der Waals surface area contributed by atoms with E-state index >= 15 is 0 Å². The summed E-state index contributed by atoms with van der Waals surface area (Å²) >= 11 is 0. The molecular weight excluding hydrogens is 207 g/mol. The number of halogens is 1. The number of hydrogen-bond acceptors (Lipinski definition) is 2. The van der Waals surface area contributed by atoms with Crippen LogP contribution in [0.2, 0.25) is 0 Å². The van der Waals surface area contributed by atoms with Gasteiger partial charge in [-0.3, -0.25) is 4.79 Å². The van der Waals surface area contributed by atoms with Crippen molar-refractivity contribution in [2.24, 2.45) is 0 Å². The Hall–Kier alpha value is -1.42. The van der Waals surface area contributed by atoms with E-state index in [1.807, 2.05) is 6.92 Å². The maximum Gasteiger partial charge on any atom is 0.240 e.